The topological polar surface area (TPSA) is 83.2 Å². The molecular weight excluding hydrogens is 358 g/mol. The van der Waals surface area contributed by atoms with E-state index in [4.69, 9.17) is 9.47 Å². The van der Waals surface area contributed by atoms with Crippen molar-refractivity contribution in [3.8, 4) is 11.5 Å². The highest BCUT2D eigenvalue weighted by Gasteiger charge is 2.17. The molecule has 3 rings (SSSR count). The summed E-state index contributed by atoms with van der Waals surface area (Å²) in [6.45, 7) is 6.97. The van der Waals surface area contributed by atoms with Gasteiger partial charge in [0.05, 0.1) is 19.3 Å². The third kappa shape index (κ3) is 4.33. The Balaban J connectivity index is 1.57. The van der Waals surface area contributed by atoms with E-state index in [-0.39, 0.29) is 18.7 Å². The van der Waals surface area contributed by atoms with Gasteiger partial charge in [-0.1, -0.05) is 0 Å². The molecule has 28 heavy (non-hydrogen) atoms. The van der Waals surface area contributed by atoms with Crippen LogP contribution in [0.25, 0.3) is 0 Å². The van der Waals surface area contributed by atoms with E-state index < -0.39 is 0 Å². The number of aromatic nitrogens is 4. The van der Waals surface area contributed by atoms with Gasteiger partial charge in [-0.2, -0.15) is 10.2 Å². The number of carbonyl (C=O) groups excluding carboxylic acids is 1. The van der Waals surface area contributed by atoms with Gasteiger partial charge in [-0.05, 0) is 51.1 Å². The summed E-state index contributed by atoms with van der Waals surface area (Å²) in [6, 6.07) is 8.78. The van der Waals surface area contributed by atoms with Gasteiger partial charge in [0.25, 0.3) is 5.91 Å². The van der Waals surface area contributed by atoms with Crippen LogP contribution in [0.2, 0.25) is 0 Å². The lowest BCUT2D eigenvalue weighted by molar-refractivity contribution is 0.0932. The summed E-state index contributed by atoms with van der Waals surface area (Å²) in [7, 11) is 1.62. The number of rotatable bonds is 8. The van der Waals surface area contributed by atoms with E-state index in [1.807, 2.05) is 49.7 Å². The van der Waals surface area contributed by atoms with Gasteiger partial charge >= 0.3 is 0 Å². The minimum Gasteiger partial charge on any atom is -0.497 e. The summed E-state index contributed by atoms with van der Waals surface area (Å²) < 4.78 is 14.3. The molecule has 1 aromatic carbocycles. The van der Waals surface area contributed by atoms with Gasteiger partial charge in [-0.15, -0.1) is 0 Å². The molecule has 1 N–H and O–H groups in total. The lowest BCUT2D eigenvalue weighted by atomic mass is 10.1. The number of nitrogens with zero attached hydrogens (tertiary/aromatic N) is 4. The molecule has 1 atom stereocenters. The second-order valence-corrected chi connectivity index (χ2v) is 6.39. The Morgan fingerprint density at radius 1 is 1.21 bits per heavy atom. The van der Waals surface area contributed by atoms with E-state index in [1.165, 1.54) is 0 Å². The molecular formula is C20H25N5O3. The second kappa shape index (κ2) is 8.60. The Bertz CT molecular complexity index is 930. The van der Waals surface area contributed by atoms with Crippen molar-refractivity contribution >= 4 is 5.91 Å². The number of carbonyl (C=O) groups is 1. The van der Waals surface area contributed by atoms with Crippen LogP contribution in [0, 0.1) is 6.92 Å². The summed E-state index contributed by atoms with van der Waals surface area (Å²) >= 11 is 0. The molecule has 0 fully saturated rings. The van der Waals surface area contributed by atoms with Crippen molar-refractivity contribution in [1.82, 2.24) is 24.9 Å². The van der Waals surface area contributed by atoms with Gasteiger partial charge in [0.1, 0.15) is 17.2 Å². The number of aryl methyl sites for hydroxylation is 1. The zero-order chi connectivity index (χ0) is 20.1. The maximum atomic E-state index is 12.5. The highest BCUT2D eigenvalue weighted by molar-refractivity contribution is 5.92. The molecule has 8 heteroatoms. The summed E-state index contributed by atoms with van der Waals surface area (Å²) in [5.74, 6) is 1.22. The summed E-state index contributed by atoms with van der Waals surface area (Å²) in [5, 5.41) is 11.6. The molecule has 0 aliphatic rings. The Kier molecular flexibility index (Phi) is 5.98. The highest BCUT2D eigenvalue weighted by atomic mass is 16.5. The smallest absolute Gasteiger partial charge is 0.272 e. The van der Waals surface area contributed by atoms with Gasteiger partial charge in [-0.3, -0.25) is 9.48 Å². The number of amides is 1. The lowest BCUT2D eigenvalue weighted by Crippen LogP contribution is -2.27. The molecule has 1 unspecified atom stereocenters. The first-order valence-electron chi connectivity index (χ1n) is 9.15. The van der Waals surface area contributed by atoms with E-state index in [0.29, 0.717) is 11.4 Å². The SMILES string of the molecule is CCn1ncc(C(C)NC(=O)c2ccn(COc3ccc(OC)cc3)n2)c1C. The van der Waals surface area contributed by atoms with Crippen LogP contribution in [0.3, 0.4) is 0 Å². The number of nitrogens with one attached hydrogen (secondary N) is 1. The van der Waals surface area contributed by atoms with E-state index in [1.54, 1.807) is 30.3 Å². The van der Waals surface area contributed by atoms with Crippen LogP contribution in [0.5, 0.6) is 11.5 Å². The zero-order valence-corrected chi connectivity index (χ0v) is 16.5. The summed E-state index contributed by atoms with van der Waals surface area (Å²) in [4.78, 5) is 12.5. The van der Waals surface area contributed by atoms with E-state index in [2.05, 4.69) is 15.5 Å². The molecule has 0 aliphatic heterocycles. The number of benzene rings is 1. The minimum atomic E-state index is -0.237. The average molecular weight is 383 g/mol. The Hall–Kier alpha value is -3.29. The largest absolute Gasteiger partial charge is 0.497 e. The number of methoxy groups -OCH3 is 1. The molecule has 0 saturated heterocycles. The van der Waals surface area contributed by atoms with Gasteiger partial charge < -0.3 is 14.8 Å². The highest BCUT2D eigenvalue weighted by Crippen LogP contribution is 2.18. The van der Waals surface area contributed by atoms with E-state index in [0.717, 1.165) is 23.6 Å². The monoisotopic (exact) mass is 383 g/mol. The first-order valence-corrected chi connectivity index (χ1v) is 9.15. The van der Waals surface area contributed by atoms with Crippen molar-refractivity contribution in [2.24, 2.45) is 0 Å². The van der Waals surface area contributed by atoms with E-state index >= 15 is 0 Å². The first-order chi connectivity index (χ1) is 13.5. The van der Waals surface area contributed by atoms with Crippen LogP contribution in [0.15, 0.2) is 42.7 Å². The van der Waals surface area contributed by atoms with Gasteiger partial charge in [0, 0.05) is 24.0 Å². The molecule has 3 aromatic rings. The number of hydrogen-bond donors (Lipinski definition) is 1. The predicted octanol–water partition coefficient (Wildman–Crippen LogP) is 2.94. The maximum absolute atomic E-state index is 12.5. The van der Waals surface area contributed by atoms with Crippen LogP contribution >= 0.6 is 0 Å². The molecule has 0 aliphatic carbocycles. The Labute approximate surface area is 164 Å². The number of ether oxygens (including phenoxy) is 2. The predicted molar refractivity (Wildman–Crippen MR) is 104 cm³/mol. The van der Waals surface area contributed by atoms with Crippen LogP contribution in [-0.2, 0) is 13.3 Å². The van der Waals surface area contributed by atoms with Crippen molar-refractivity contribution < 1.29 is 14.3 Å². The fraction of sp³-hybridized carbons (Fsp3) is 0.350. The molecule has 0 radical (unpaired) electrons. The second-order valence-electron chi connectivity index (χ2n) is 6.39. The Morgan fingerprint density at radius 3 is 2.57 bits per heavy atom. The van der Waals surface area contributed by atoms with Crippen molar-refractivity contribution in [2.75, 3.05) is 7.11 Å². The summed E-state index contributed by atoms with van der Waals surface area (Å²) in [6.07, 6.45) is 3.51. The third-order valence-electron chi connectivity index (χ3n) is 4.55. The molecule has 2 heterocycles. The van der Waals surface area contributed by atoms with Crippen molar-refractivity contribution in [3.63, 3.8) is 0 Å². The minimum absolute atomic E-state index is 0.159. The standard InChI is InChI=1S/C20H25N5O3/c1-5-25-15(3)18(12-21-25)14(2)22-20(26)19-10-11-24(23-19)13-28-17-8-6-16(27-4)7-9-17/h6-12,14H,5,13H2,1-4H3,(H,22,26). The van der Waals surface area contributed by atoms with Crippen molar-refractivity contribution in [1.29, 1.82) is 0 Å². The molecule has 0 spiro atoms. The fourth-order valence-corrected chi connectivity index (χ4v) is 2.92. The van der Waals surface area contributed by atoms with Gasteiger partial charge in [0.2, 0.25) is 0 Å². The van der Waals surface area contributed by atoms with Crippen LogP contribution in [0.1, 0.15) is 41.6 Å². The quantitative estimate of drug-likeness (QED) is 0.647. The molecule has 8 nitrogen and oxygen atoms in total. The van der Waals surface area contributed by atoms with Crippen LogP contribution in [0.4, 0.5) is 0 Å². The Morgan fingerprint density at radius 2 is 1.93 bits per heavy atom. The van der Waals surface area contributed by atoms with Gasteiger partial charge in [0.15, 0.2) is 6.73 Å². The maximum Gasteiger partial charge on any atom is 0.272 e. The molecule has 0 bridgehead atoms. The number of hydrogen-bond acceptors (Lipinski definition) is 5. The normalized spacial score (nSPS) is 11.9. The average Bonchev–Trinajstić information content (AvgIpc) is 3.33. The molecule has 0 saturated carbocycles. The molecule has 1 amide bonds. The fourth-order valence-electron chi connectivity index (χ4n) is 2.92. The molecule has 148 valence electrons. The third-order valence-corrected chi connectivity index (χ3v) is 4.55. The first kappa shape index (κ1) is 19.5. The summed E-state index contributed by atoms with van der Waals surface area (Å²) in [5.41, 5.74) is 2.39. The lowest BCUT2D eigenvalue weighted by Gasteiger charge is -2.13. The van der Waals surface area contributed by atoms with Crippen molar-refractivity contribution in [3.05, 3.63) is 59.7 Å². The molecule has 2 aromatic heterocycles. The van der Waals surface area contributed by atoms with E-state index in [9.17, 15) is 4.79 Å². The van der Waals surface area contributed by atoms with Crippen LogP contribution in [-0.4, -0.2) is 32.6 Å². The van der Waals surface area contributed by atoms with Gasteiger partial charge in [-0.25, -0.2) is 4.68 Å². The zero-order valence-electron chi connectivity index (χ0n) is 16.5. The van der Waals surface area contributed by atoms with Crippen LogP contribution < -0.4 is 14.8 Å². The van der Waals surface area contributed by atoms with Crippen molar-refractivity contribution in [2.45, 2.75) is 40.1 Å².